The van der Waals surface area contributed by atoms with Gasteiger partial charge in [0.1, 0.15) is 23.2 Å². The molecule has 0 aliphatic heterocycles. The monoisotopic (exact) mass is 614 g/mol. The van der Waals surface area contributed by atoms with Crippen LogP contribution in [0.2, 0.25) is 0 Å². The average molecular weight is 616 g/mol. The SMILES string of the molecule is CCOC(=O)CC(C)=CC=CC(C)=CC=CC(C)=CC[P+](c1ccccc1)(c1ccccc1)c1ccccc1.[Br-]. The number of carbonyl (C=O) groups excluding carboxylic acids is 1. The van der Waals surface area contributed by atoms with Gasteiger partial charge in [0.15, 0.2) is 0 Å². The van der Waals surface area contributed by atoms with Gasteiger partial charge in [-0.25, -0.2) is 0 Å². The predicted molar refractivity (Wildman–Crippen MR) is 171 cm³/mol. The van der Waals surface area contributed by atoms with Crippen LogP contribution in [0.3, 0.4) is 0 Å². The van der Waals surface area contributed by atoms with E-state index >= 15 is 0 Å². The topological polar surface area (TPSA) is 26.3 Å². The summed E-state index contributed by atoms with van der Waals surface area (Å²) in [6.45, 7) is 8.43. The molecule has 208 valence electrons. The minimum Gasteiger partial charge on any atom is -1.00 e. The Balaban J connectivity index is 0.00000560. The number of halogens is 1. The third kappa shape index (κ3) is 9.73. The molecule has 0 heterocycles. The second-order valence-corrected chi connectivity index (χ2v) is 13.1. The van der Waals surface area contributed by atoms with Crippen LogP contribution in [0.15, 0.2) is 150 Å². The third-order valence-corrected chi connectivity index (χ3v) is 10.7. The first-order chi connectivity index (χ1) is 19.0. The van der Waals surface area contributed by atoms with Crippen molar-refractivity contribution in [2.75, 3.05) is 12.8 Å². The van der Waals surface area contributed by atoms with E-state index in [1.54, 1.807) is 0 Å². The molecule has 3 rings (SSSR count). The lowest BCUT2D eigenvalue weighted by Crippen LogP contribution is -3.00. The summed E-state index contributed by atoms with van der Waals surface area (Å²) in [4.78, 5) is 11.6. The van der Waals surface area contributed by atoms with Crippen LogP contribution in [0.25, 0.3) is 0 Å². The van der Waals surface area contributed by atoms with E-state index in [-0.39, 0.29) is 23.0 Å². The molecule has 40 heavy (non-hydrogen) atoms. The fourth-order valence-electron chi connectivity index (χ4n) is 4.43. The van der Waals surface area contributed by atoms with Crippen molar-refractivity contribution < 1.29 is 26.5 Å². The summed E-state index contributed by atoms with van der Waals surface area (Å²) in [5.41, 5.74) is 3.35. The Morgan fingerprint density at radius 3 is 1.62 bits per heavy atom. The smallest absolute Gasteiger partial charge is 0.309 e. The number of hydrogen-bond donors (Lipinski definition) is 0. The van der Waals surface area contributed by atoms with E-state index in [0.29, 0.717) is 13.0 Å². The molecule has 0 saturated heterocycles. The first-order valence-electron chi connectivity index (χ1n) is 13.5. The molecule has 0 aliphatic carbocycles. The molecule has 0 amide bonds. The van der Waals surface area contributed by atoms with Gasteiger partial charge in [0.05, 0.1) is 19.2 Å². The zero-order valence-electron chi connectivity index (χ0n) is 24.0. The first-order valence-corrected chi connectivity index (χ1v) is 15.5. The van der Waals surface area contributed by atoms with Crippen LogP contribution in [-0.2, 0) is 9.53 Å². The molecule has 3 aromatic rings. The molecule has 4 heteroatoms. The maximum absolute atomic E-state index is 11.6. The maximum Gasteiger partial charge on any atom is 0.309 e. The van der Waals surface area contributed by atoms with E-state index < -0.39 is 7.26 Å². The van der Waals surface area contributed by atoms with Crippen molar-refractivity contribution in [1.29, 1.82) is 0 Å². The highest BCUT2D eigenvalue weighted by Gasteiger charge is 2.44. The molecule has 0 N–H and O–H groups in total. The zero-order chi connectivity index (χ0) is 27.9. The Morgan fingerprint density at radius 1 is 0.700 bits per heavy atom. The largest absolute Gasteiger partial charge is 1.00 e. The first kappa shape index (κ1) is 32.9. The van der Waals surface area contributed by atoms with Crippen molar-refractivity contribution in [3.63, 3.8) is 0 Å². The molecule has 0 radical (unpaired) electrons. The highest BCUT2D eigenvalue weighted by Crippen LogP contribution is 2.55. The Hall–Kier alpha value is -3.26. The van der Waals surface area contributed by atoms with Gasteiger partial charge in [0.2, 0.25) is 0 Å². The summed E-state index contributed by atoms with van der Waals surface area (Å²) < 4.78 is 5.00. The predicted octanol–water partition coefficient (Wildman–Crippen LogP) is 4.89. The van der Waals surface area contributed by atoms with E-state index in [1.165, 1.54) is 21.5 Å². The highest BCUT2D eigenvalue weighted by molar-refractivity contribution is 7.95. The number of rotatable bonds is 12. The minimum absolute atomic E-state index is 0. The van der Waals surface area contributed by atoms with Crippen molar-refractivity contribution in [2.24, 2.45) is 0 Å². The number of ether oxygens (including phenoxy) is 1. The molecule has 0 fully saturated rings. The van der Waals surface area contributed by atoms with E-state index in [9.17, 15) is 4.79 Å². The molecule has 0 spiro atoms. The van der Waals surface area contributed by atoms with Gasteiger partial charge >= 0.3 is 5.97 Å². The van der Waals surface area contributed by atoms with Crippen LogP contribution in [0.5, 0.6) is 0 Å². The fraction of sp³-hybridized carbons (Fsp3) is 0.194. The van der Waals surface area contributed by atoms with Crippen LogP contribution in [0.4, 0.5) is 0 Å². The molecular weight excluding hydrogens is 575 g/mol. The maximum atomic E-state index is 11.6. The number of benzene rings is 3. The van der Waals surface area contributed by atoms with Gasteiger partial charge in [-0.2, -0.15) is 0 Å². The van der Waals surface area contributed by atoms with E-state index in [2.05, 4.69) is 135 Å². The van der Waals surface area contributed by atoms with Gasteiger partial charge < -0.3 is 21.7 Å². The van der Waals surface area contributed by atoms with Crippen molar-refractivity contribution in [3.05, 3.63) is 150 Å². The number of esters is 1. The summed E-state index contributed by atoms with van der Waals surface area (Å²) in [7, 11) is -1.87. The Bertz CT molecular complexity index is 1240. The lowest BCUT2D eigenvalue weighted by atomic mass is 10.2. The quantitative estimate of drug-likeness (QED) is 0.165. The summed E-state index contributed by atoms with van der Waals surface area (Å²) in [6, 6.07) is 32.9. The number of carbonyl (C=O) groups is 1. The van der Waals surface area contributed by atoms with Crippen molar-refractivity contribution in [3.8, 4) is 0 Å². The highest BCUT2D eigenvalue weighted by atomic mass is 79.9. The van der Waals surface area contributed by atoms with E-state index in [4.69, 9.17) is 4.74 Å². The van der Waals surface area contributed by atoms with Gasteiger partial charge in [-0.15, -0.1) is 0 Å². The number of allylic oxidation sites excluding steroid dienone is 9. The molecular formula is C36H40BrO2P. The van der Waals surface area contributed by atoms with Crippen molar-refractivity contribution >= 4 is 29.1 Å². The van der Waals surface area contributed by atoms with Crippen molar-refractivity contribution in [2.45, 2.75) is 34.1 Å². The van der Waals surface area contributed by atoms with Gasteiger partial charge in [0, 0.05) is 0 Å². The molecule has 3 aromatic carbocycles. The molecule has 0 bridgehead atoms. The van der Waals surface area contributed by atoms with Crippen LogP contribution < -0.4 is 32.9 Å². The van der Waals surface area contributed by atoms with Crippen LogP contribution in [0.1, 0.15) is 34.1 Å². The van der Waals surface area contributed by atoms with Gasteiger partial charge in [-0.05, 0) is 70.2 Å². The number of hydrogen-bond acceptors (Lipinski definition) is 2. The lowest BCUT2D eigenvalue weighted by Gasteiger charge is -2.26. The fourth-order valence-corrected chi connectivity index (χ4v) is 8.56. The second kappa shape index (κ2) is 17.4. The van der Waals surface area contributed by atoms with E-state index in [1.807, 2.05) is 26.0 Å². The molecule has 0 unspecified atom stereocenters. The summed E-state index contributed by atoms with van der Waals surface area (Å²) in [6.07, 6.45) is 16.0. The Labute approximate surface area is 252 Å². The van der Waals surface area contributed by atoms with Crippen LogP contribution >= 0.6 is 7.26 Å². The van der Waals surface area contributed by atoms with E-state index in [0.717, 1.165) is 17.3 Å². The van der Waals surface area contributed by atoms with Gasteiger partial charge in [0.25, 0.3) is 0 Å². The summed E-state index contributed by atoms with van der Waals surface area (Å²) in [5, 5.41) is 4.17. The van der Waals surface area contributed by atoms with Gasteiger partial charge in [-0.1, -0.05) is 108 Å². The van der Waals surface area contributed by atoms with Crippen LogP contribution in [-0.4, -0.2) is 18.7 Å². The summed E-state index contributed by atoms with van der Waals surface area (Å²) >= 11 is 0. The third-order valence-electron chi connectivity index (χ3n) is 6.46. The molecule has 0 saturated carbocycles. The molecule has 0 atom stereocenters. The van der Waals surface area contributed by atoms with Crippen molar-refractivity contribution in [1.82, 2.24) is 0 Å². The Morgan fingerprint density at radius 2 is 1.15 bits per heavy atom. The van der Waals surface area contributed by atoms with Crippen LogP contribution in [0, 0.1) is 0 Å². The average Bonchev–Trinajstić information content (AvgIpc) is 2.95. The standard InChI is InChI=1S/C36H40O2P.BrH/c1-5-38-36(37)29-32(4)20-16-18-30(2)17-15-19-31(3)27-28-39(33-21-9-6-10-22-33,34-23-11-7-12-24-34)35-25-13-8-14-26-35;/h6-27H,5,28-29H2,1-4H3;1H/q+1;/p-1. The Kier molecular flexibility index (Phi) is 14.4. The normalized spacial score (nSPS) is 12.9. The zero-order valence-corrected chi connectivity index (χ0v) is 26.4. The molecule has 0 aliphatic rings. The second-order valence-electron chi connectivity index (χ2n) is 9.57. The minimum atomic E-state index is -1.87. The molecule has 2 nitrogen and oxygen atoms in total. The molecule has 0 aromatic heterocycles. The lowest BCUT2D eigenvalue weighted by molar-refractivity contribution is -0.142. The summed E-state index contributed by atoms with van der Waals surface area (Å²) in [5.74, 6) is -0.185. The van der Waals surface area contributed by atoms with Gasteiger partial charge in [-0.3, -0.25) is 4.79 Å².